The third kappa shape index (κ3) is 3.91. The summed E-state index contributed by atoms with van der Waals surface area (Å²) >= 11 is 6.26. The molecule has 0 aliphatic rings. The molecule has 1 rings (SSSR count). The molecule has 1 aromatic carbocycles. The average Bonchev–Trinajstić information content (AvgIpc) is 2.37. The summed E-state index contributed by atoms with van der Waals surface area (Å²) in [7, 11) is 0. The van der Waals surface area contributed by atoms with Crippen molar-refractivity contribution in [2.45, 2.75) is 52.4 Å². The number of ether oxygens (including phenoxy) is 1. The van der Waals surface area contributed by atoms with E-state index in [4.69, 9.17) is 22.8 Å². The van der Waals surface area contributed by atoms with Gasteiger partial charge in [-0.2, -0.15) is 0 Å². The fourth-order valence-electron chi connectivity index (χ4n) is 2.30. The Morgan fingerprint density at radius 1 is 1.26 bits per heavy atom. The SMILES string of the molecule is C#CCC(CC)c1cc(Cl)cc(C(C)C)c1OCC. The molecule has 0 spiro atoms. The molecular formula is C17H23ClO. The lowest BCUT2D eigenvalue weighted by Gasteiger charge is -2.22. The maximum absolute atomic E-state index is 6.26. The predicted molar refractivity (Wildman–Crippen MR) is 83.2 cm³/mol. The van der Waals surface area contributed by atoms with Crippen molar-refractivity contribution >= 4 is 11.6 Å². The summed E-state index contributed by atoms with van der Waals surface area (Å²) in [5.74, 6) is 4.42. The lowest BCUT2D eigenvalue weighted by molar-refractivity contribution is 0.328. The van der Waals surface area contributed by atoms with E-state index in [2.05, 4.69) is 26.7 Å². The van der Waals surface area contributed by atoms with Crippen molar-refractivity contribution in [2.24, 2.45) is 0 Å². The summed E-state index contributed by atoms with van der Waals surface area (Å²) in [5, 5.41) is 0.762. The van der Waals surface area contributed by atoms with Crippen LogP contribution in [0.25, 0.3) is 0 Å². The molecule has 0 N–H and O–H groups in total. The highest BCUT2D eigenvalue weighted by atomic mass is 35.5. The van der Waals surface area contributed by atoms with Gasteiger partial charge in [-0.05, 0) is 48.4 Å². The topological polar surface area (TPSA) is 9.23 Å². The van der Waals surface area contributed by atoms with E-state index in [0.717, 1.165) is 22.8 Å². The number of hydrogen-bond acceptors (Lipinski definition) is 1. The molecule has 0 aliphatic carbocycles. The molecule has 0 aromatic heterocycles. The molecule has 0 amide bonds. The molecule has 104 valence electrons. The molecular weight excluding hydrogens is 256 g/mol. The molecule has 19 heavy (non-hydrogen) atoms. The quantitative estimate of drug-likeness (QED) is 0.635. The van der Waals surface area contributed by atoms with Crippen LogP contribution < -0.4 is 4.74 Å². The van der Waals surface area contributed by atoms with E-state index < -0.39 is 0 Å². The molecule has 1 aromatic rings. The van der Waals surface area contributed by atoms with E-state index in [1.54, 1.807) is 0 Å². The fourth-order valence-corrected chi connectivity index (χ4v) is 2.53. The Labute approximate surface area is 122 Å². The largest absolute Gasteiger partial charge is 0.493 e. The minimum Gasteiger partial charge on any atom is -0.493 e. The second-order valence-corrected chi connectivity index (χ2v) is 5.45. The van der Waals surface area contributed by atoms with Crippen molar-refractivity contribution in [3.05, 3.63) is 28.3 Å². The monoisotopic (exact) mass is 278 g/mol. The molecule has 0 aliphatic heterocycles. The first kappa shape index (κ1) is 15.9. The van der Waals surface area contributed by atoms with Gasteiger partial charge in [0.05, 0.1) is 6.61 Å². The Hall–Kier alpha value is -1.13. The molecule has 0 bridgehead atoms. The summed E-state index contributed by atoms with van der Waals surface area (Å²) in [6.45, 7) is 9.11. The lowest BCUT2D eigenvalue weighted by Crippen LogP contribution is -2.06. The Bertz CT molecular complexity index is 457. The van der Waals surface area contributed by atoms with Gasteiger partial charge in [0.2, 0.25) is 0 Å². The normalized spacial score (nSPS) is 12.3. The Morgan fingerprint density at radius 3 is 2.37 bits per heavy atom. The van der Waals surface area contributed by atoms with Crippen LogP contribution in [0, 0.1) is 12.3 Å². The maximum Gasteiger partial charge on any atom is 0.126 e. The summed E-state index contributed by atoms with van der Waals surface area (Å²) < 4.78 is 5.89. The number of halogens is 1. The van der Waals surface area contributed by atoms with Crippen LogP contribution in [0.1, 0.15) is 63.5 Å². The highest BCUT2D eigenvalue weighted by molar-refractivity contribution is 6.30. The number of benzene rings is 1. The Balaban J connectivity index is 3.38. The van der Waals surface area contributed by atoms with E-state index in [0.29, 0.717) is 24.9 Å². The van der Waals surface area contributed by atoms with Crippen LogP contribution >= 0.6 is 11.6 Å². The van der Waals surface area contributed by atoms with Crippen LogP contribution in [0.15, 0.2) is 12.1 Å². The van der Waals surface area contributed by atoms with Crippen molar-refractivity contribution in [3.8, 4) is 18.1 Å². The summed E-state index contributed by atoms with van der Waals surface area (Å²) in [6.07, 6.45) is 7.18. The molecule has 2 heteroatoms. The van der Waals surface area contributed by atoms with Gasteiger partial charge in [-0.1, -0.05) is 32.4 Å². The molecule has 0 fully saturated rings. The van der Waals surface area contributed by atoms with Crippen LogP contribution in [0.4, 0.5) is 0 Å². The van der Waals surface area contributed by atoms with Gasteiger partial charge < -0.3 is 4.74 Å². The minimum absolute atomic E-state index is 0.308. The second-order valence-electron chi connectivity index (χ2n) is 5.01. The summed E-state index contributed by atoms with van der Waals surface area (Å²) in [4.78, 5) is 0. The van der Waals surface area contributed by atoms with Crippen LogP contribution in [0.3, 0.4) is 0 Å². The van der Waals surface area contributed by atoms with Gasteiger partial charge in [0.1, 0.15) is 5.75 Å². The predicted octanol–water partition coefficient (Wildman–Crippen LogP) is 5.38. The van der Waals surface area contributed by atoms with Crippen LogP contribution in [-0.2, 0) is 0 Å². The van der Waals surface area contributed by atoms with E-state index >= 15 is 0 Å². The Kier molecular flexibility index (Phi) is 6.25. The van der Waals surface area contributed by atoms with Crippen molar-refractivity contribution < 1.29 is 4.74 Å². The number of terminal acetylenes is 1. The van der Waals surface area contributed by atoms with Gasteiger partial charge in [0, 0.05) is 11.4 Å². The van der Waals surface area contributed by atoms with E-state index in [-0.39, 0.29) is 0 Å². The fraction of sp³-hybridized carbons (Fsp3) is 0.529. The highest BCUT2D eigenvalue weighted by Crippen LogP contribution is 2.39. The molecule has 0 saturated heterocycles. The third-order valence-corrected chi connectivity index (χ3v) is 3.54. The van der Waals surface area contributed by atoms with Crippen molar-refractivity contribution in [1.29, 1.82) is 0 Å². The molecule has 1 atom stereocenters. The van der Waals surface area contributed by atoms with E-state index in [1.807, 2.05) is 19.1 Å². The number of rotatable bonds is 6. The van der Waals surface area contributed by atoms with Crippen molar-refractivity contribution in [3.63, 3.8) is 0 Å². The summed E-state index contributed by atoms with van der Waals surface area (Å²) in [6, 6.07) is 4.01. The van der Waals surface area contributed by atoms with Gasteiger partial charge >= 0.3 is 0 Å². The third-order valence-electron chi connectivity index (χ3n) is 3.32. The highest BCUT2D eigenvalue weighted by Gasteiger charge is 2.19. The number of hydrogen-bond donors (Lipinski definition) is 0. The van der Waals surface area contributed by atoms with Crippen molar-refractivity contribution in [2.75, 3.05) is 6.61 Å². The first-order chi connectivity index (χ1) is 9.04. The lowest BCUT2D eigenvalue weighted by atomic mass is 9.89. The minimum atomic E-state index is 0.308. The average molecular weight is 279 g/mol. The van der Waals surface area contributed by atoms with Crippen LogP contribution in [0.5, 0.6) is 5.75 Å². The summed E-state index contributed by atoms with van der Waals surface area (Å²) in [5.41, 5.74) is 2.32. The van der Waals surface area contributed by atoms with Crippen LogP contribution in [-0.4, -0.2) is 6.61 Å². The van der Waals surface area contributed by atoms with E-state index in [9.17, 15) is 0 Å². The second kappa shape index (κ2) is 7.46. The van der Waals surface area contributed by atoms with Gasteiger partial charge in [-0.25, -0.2) is 0 Å². The standard InChI is InChI=1S/C17H23ClO/c1-6-9-13(7-2)16-11-14(18)10-15(12(4)5)17(16)19-8-3/h1,10-13H,7-9H2,2-5H3. The molecule has 1 unspecified atom stereocenters. The molecule has 0 saturated carbocycles. The maximum atomic E-state index is 6.26. The molecule has 0 heterocycles. The van der Waals surface area contributed by atoms with Gasteiger partial charge in [-0.3, -0.25) is 0 Å². The van der Waals surface area contributed by atoms with Gasteiger partial charge in [-0.15, -0.1) is 12.3 Å². The first-order valence-electron chi connectivity index (χ1n) is 6.94. The van der Waals surface area contributed by atoms with Gasteiger partial charge in [0.25, 0.3) is 0 Å². The molecule has 0 radical (unpaired) electrons. The molecule has 1 nitrogen and oxygen atoms in total. The van der Waals surface area contributed by atoms with Crippen molar-refractivity contribution in [1.82, 2.24) is 0 Å². The first-order valence-corrected chi connectivity index (χ1v) is 7.32. The smallest absolute Gasteiger partial charge is 0.126 e. The zero-order valence-electron chi connectivity index (χ0n) is 12.3. The van der Waals surface area contributed by atoms with Crippen LogP contribution in [0.2, 0.25) is 5.02 Å². The Morgan fingerprint density at radius 2 is 1.89 bits per heavy atom. The van der Waals surface area contributed by atoms with E-state index in [1.165, 1.54) is 5.56 Å². The zero-order chi connectivity index (χ0) is 14.4. The van der Waals surface area contributed by atoms with Gasteiger partial charge in [0.15, 0.2) is 0 Å². The zero-order valence-corrected chi connectivity index (χ0v) is 13.1.